The van der Waals surface area contributed by atoms with Gasteiger partial charge in [0.2, 0.25) is 0 Å². The molecule has 1 aliphatic rings. The predicted molar refractivity (Wildman–Crippen MR) is 141 cm³/mol. The van der Waals surface area contributed by atoms with Crippen molar-refractivity contribution in [3.05, 3.63) is 89.7 Å². The third-order valence-electron chi connectivity index (χ3n) is 7.32. The van der Waals surface area contributed by atoms with E-state index in [0.717, 1.165) is 6.54 Å². The van der Waals surface area contributed by atoms with Crippen molar-refractivity contribution in [1.29, 1.82) is 0 Å². The fourth-order valence-corrected chi connectivity index (χ4v) is 5.36. The Hall–Kier alpha value is -2.45. The van der Waals surface area contributed by atoms with E-state index in [-0.39, 0.29) is 0 Å². The molecule has 1 fully saturated rings. The predicted octanol–water partition coefficient (Wildman–Crippen LogP) is 8.25. The molecule has 0 radical (unpaired) electrons. The molecule has 0 amide bonds. The van der Waals surface area contributed by atoms with Gasteiger partial charge in [-0.2, -0.15) is 0 Å². The summed E-state index contributed by atoms with van der Waals surface area (Å²) in [5.74, 6) is 1.30. The third-order valence-corrected chi connectivity index (χ3v) is 7.32. The zero-order chi connectivity index (χ0) is 22.9. The molecule has 33 heavy (non-hydrogen) atoms. The van der Waals surface area contributed by atoms with Crippen LogP contribution in [0.5, 0.6) is 0 Å². The first-order valence-corrected chi connectivity index (χ1v) is 13.0. The van der Waals surface area contributed by atoms with Gasteiger partial charge in [-0.25, -0.2) is 0 Å². The highest BCUT2D eigenvalue weighted by atomic mass is 14.9. The van der Waals surface area contributed by atoms with Gasteiger partial charge in [0.25, 0.3) is 0 Å². The molecule has 0 saturated heterocycles. The number of nitrogens with zero attached hydrogens (tertiary/aromatic N) is 1. The summed E-state index contributed by atoms with van der Waals surface area (Å²) in [5.41, 5.74) is 6.94. The second-order valence-electron chi connectivity index (χ2n) is 10.1. The lowest BCUT2D eigenvalue weighted by Crippen LogP contribution is -2.29. The highest BCUT2D eigenvalue weighted by Gasteiger charge is 2.20. The Morgan fingerprint density at radius 3 is 2.33 bits per heavy atom. The molecule has 1 N–H and O–H groups in total. The van der Waals surface area contributed by atoms with Crippen LogP contribution < -0.4 is 5.32 Å². The molecule has 2 aromatic carbocycles. The molecule has 0 bridgehead atoms. The average Bonchev–Trinajstić information content (AvgIpc) is 2.87. The van der Waals surface area contributed by atoms with Crippen LogP contribution in [0.25, 0.3) is 11.1 Å². The third kappa shape index (κ3) is 6.77. The normalized spacial score (nSPS) is 20.0. The minimum Gasteiger partial charge on any atom is -0.310 e. The Kier molecular flexibility index (Phi) is 8.72. The van der Waals surface area contributed by atoms with E-state index in [1.54, 1.807) is 11.1 Å². The van der Waals surface area contributed by atoms with Gasteiger partial charge in [-0.15, -0.1) is 0 Å². The van der Waals surface area contributed by atoms with Crippen molar-refractivity contribution >= 4 is 0 Å². The van der Waals surface area contributed by atoms with Gasteiger partial charge in [-0.1, -0.05) is 94.1 Å². The number of benzene rings is 2. The largest absolute Gasteiger partial charge is 0.310 e. The molecule has 1 aromatic heterocycles. The standard InChI is InChI=1S/C31H40N2/c1-24(2)30-13-7-8-14-31(30)27-10-5-3-4-6-12-29(20-19-27)33-22-25-15-17-26(18-16-25)28-11-9-21-32-23-28/h7-9,11,13-18,21,23-24,27,29,33H,3-6,10,12,19-20,22H2,1-2H3. The molecule has 2 nitrogen and oxygen atoms in total. The van der Waals surface area contributed by atoms with E-state index in [4.69, 9.17) is 0 Å². The van der Waals surface area contributed by atoms with Crippen LogP contribution >= 0.6 is 0 Å². The summed E-state index contributed by atoms with van der Waals surface area (Å²) >= 11 is 0. The first-order valence-electron chi connectivity index (χ1n) is 13.0. The summed E-state index contributed by atoms with van der Waals surface area (Å²) < 4.78 is 0. The quantitative estimate of drug-likeness (QED) is 0.417. The van der Waals surface area contributed by atoms with Crippen LogP contribution in [0.15, 0.2) is 73.1 Å². The van der Waals surface area contributed by atoms with Gasteiger partial charge in [0.05, 0.1) is 0 Å². The van der Waals surface area contributed by atoms with Crippen molar-refractivity contribution in [2.75, 3.05) is 0 Å². The number of hydrogen-bond acceptors (Lipinski definition) is 2. The number of rotatable bonds is 6. The van der Waals surface area contributed by atoms with Crippen LogP contribution in [-0.2, 0) is 6.54 Å². The minimum atomic E-state index is 0.597. The molecule has 2 atom stereocenters. The van der Waals surface area contributed by atoms with Crippen molar-refractivity contribution in [2.24, 2.45) is 0 Å². The SMILES string of the molecule is CC(C)c1ccccc1C1CCCCCCC(NCc2ccc(-c3cccnc3)cc2)CC1. The summed E-state index contributed by atoms with van der Waals surface area (Å²) in [4.78, 5) is 4.24. The second kappa shape index (κ2) is 12.1. The fourth-order valence-electron chi connectivity index (χ4n) is 5.36. The van der Waals surface area contributed by atoms with Gasteiger partial charge in [-0.3, -0.25) is 4.98 Å². The first-order chi connectivity index (χ1) is 16.2. The van der Waals surface area contributed by atoms with E-state index < -0.39 is 0 Å². The van der Waals surface area contributed by atoms with Gasteiger partial charge in [0, 0.05) is 25.0 Å². The molecular formula is C31H40N2. The fraction of sp³-hybridized carbons (Fsp3) is 0.452. The number of aromatic nitrogens is 1. The Bertz CT molecular complexity index is 962. The molecule has 3 aromatic rings. The summed E-state index contributed by atoms with van der Waals surface area (Å²) in [6.45, 7) is 5.62. The molecule has 0 spiro atoms. The second-order valence-corrected chi connectivity index (χ2v) is 10.1. The highest BCUT2D eigenvalue weighted by molar-refractivity contribution is 5.62. The van der Waals surface area contributed by atoms with Crippen LogP contribution in [-0.4, -0.2) is 11.0 Å². The van der Waals surface area contributed by atoms with E-state index in [9.17, 15) is 0 Å². The van der Waals surface area contributed by atoms with Crippen molar-refractivity contribution in [3.63, 3.8) is 0 Å². The summed E-state index contributed by atoms with van der Waals surface area (Å²) in [5, 5.41) is 3.91. The maximum Gasteiger partial charge on any atom is 0.0346 e. The Labute approximate surface area is 200 Å². The molecule has 1 saturated carbocycles. The van der Waals surface area contributed by atoms with E-state index in [0.29, 0.717) is 17.9 Å². The van der Waals surface area contributed by atoms with Gasteiger partial charge < -0.3 is 5.32 Å². The van der Waals surface area contributed by atoms with Crippen LogP contribution in [0.1, 0.15) is 93.7 Å². The van der Waals surface area contributed by atoms with E-state index in [1.165, 1.54) is 68.1 Å². The monoisotopic (exact) mass is 440 g/mol. The Balaban J connectivity index is 1.38. The van der Waals surface area contributed by atoms with Crippen molar-refractivity contribution in [1.82, 2.24) is 10.3 Å². The van der Waals surface area contributed by atoms with Crippen molar-refractivity contribution in [2.45, 2.75) is 89.6 Å². The number of pyridine rings is 1. The summed E-state index contributed by atoms with van der Waals surface area (Å²) in [6.07, 6.45) is 14.4. The van der Waals surface area contributed by atoms with E-state index in [2.05, 4.69) is 78.7 Å². The van der Waals surface area contributed by atoms with Gasteiger partial charge in [0.15, 0.2) is 0 Å². The lowest BCUT2D eigenvalue weighted by molar-refractivity contribution is 0.378. The molecule has 1 heterocycles. The first kappa shape index (κ1) is 23.7. The molecule has 1 aliphatic carbocycles. The van der Waals surface area contributed by atoms with Crippen LogP contribution in [0.4, 0.5) is 0 Å². The number of nitrogens with one attached hydrogen (secondary N) is 1. The van der Waals surface area contributed by atoms with Crippen molar-refractivity contribution < 1.29 is 0 Å². The molecule has 2 heteroatoms. The topological polar surface area (TPSA) is 24.9 Å². The van der Waals surface area contributed by atoms with Gasteiger partial charge in [-0.05, 0) is 71.4 Å². The molecule has 174 valence electrons. The smallest absolute Gasteiger partial charge is 0.0346 e. The van der Waals surface area contributed by atoms with Gasteiger partial charge in [0.1, 0.15) is 0 Å². The maximum atomic E-state index is 4.24. The lowest BCUT2D eigenvalue weighted by Gasteiger charge is -2.27. The minimum absolute atomic E-state index is 0.597. The molecular weight excluding hydrogens is 400 g/mol. The zero-order valence-corrected chi connectivity index (χ0v) is 20.5. The summed E-state index contributed by atoms with van der Waals surface area (Å²) in [7, 11) is 0. The molecule has 0 aliphatic heterocycles. The van der Waals surface area contributed by atoms with Crippen LogP contribution in [0.3, 0.4) is 0 Å². The summed E-state index contributed by atoms with van der Waals surface area (Å²) in [6, 6.07) is 22.9. The van der Waals surface area contributed by atoms with Crippen LogP contribution in [0, 0.1) is 0 Å². The Morgan fingerprint density at radius 2 is 1.58 bits per heavy atom. The van der Waals surface area contributed by atoms with E-state index >= 15 is 0 Å². The highest BCUT2D eigenvalue weighted by Crippen LogP contribution is 2.34. The lowest BCUT2D eigenvalue weighted by atomic mass is 9.81. The average molecular weight is 441 g/mol. The van der Waals surface area contributed by atoms with Gasteiger partial charge >= 0.3 is 0 Å². The zero-order valence-electron chi connectivity index (χ0n) is 20.5. The molecule has 2 unspecified atom stereocenters. The van der Waals surface area contributed by atoms with E-state index in [1.807, 2.05) is 18.5 Å². The maximum absolute atomic E-state index is 4.24. The van der Waals surface area contributed by atoms with Crippen LogP contribution in [0.2, 0.25) is 0 Å². The van der Waals surface area contributed by atoms with Crippen molar-refractivity contribution in [3.8, 4) is 11.1 Å². The molecule has 4 rings (SSSR count). The Morgan fingerprint density at radius 1 is 0.788 bits per heavy atom. The number of hydrogen-bond donors (Lipinski definition) is 1.